The number of hydrogen-bond acceptors (Lipinski definition) is 4. The van der Waals surface area contributed by atoms with Crippen LogP contribution in [-0.2, 0) is 14.3 Å². The van der Waals surface area contributed by atoms with Gasteiger partial charge in [-0.2, -0.15) is 0 Å². The summed E-state index contributed by atoms with van der Waals surface area (Å²) in [4.78, 5) is 13.9. The van der Waals surface area contributed by atoms with Crippen molar-refractivity contribution in [3.8, 4) is 0 Å². The van der Waals surface area contributed by atoms with Crippen LogP contribution in [0.25, 0.3) is 0 Å². The van der Waals surface area contributed by atoms with Crippen LogP contribution in [-0.4, -0.2) is 44.3 Å². The van der Waals surface area contributed by atoms with Crippen LogP contribution in [0.2, 0.25) is 0 Å². The van der Waals surface area contributed by atoms with Crippen molar-refractivity contribution in [3.05, 3.63) is 35.9 Å². The lowest BCUT2D eigenvalue weighted by Crippen LogP contribution is -2.46. The van der Waals surface area contributed by atoms with E-state index < -0.39 is 0 Å². The zero-order valence-electron chi connectivity index (χ0n) is 13.1. The molecule has 3 atom stereocenters. The van der Waals surface area contributed by atoms with Crippen molar-refractivity contribution in [2.45, 2.75) is 31.9 Å². The first-order valence-corrected chi connectivity index (χ1v) is 7.54. The van der Waals surface area contributed by atoms with E-state index in [0.29, 0.717) is 12.5 Å². The Hall–Kier alpha value is -1.39. The fraction of sp³-hybridized carbons (Fsp3) is 0.588. The lowest BCUT2D eigenvalue weighted by Gasteiger charge is -2.40. The van der Waals surface area contributed by atoms with Gasteiger partial charge in [-0.05, 0) is 31.4 Å². The summed E-state index contributed by atoms with van der Waals surface area (Å²) in [5.74, 6) is 0.105. The van der Waals surface area contributed by atoms with E-state index in [1.807, 2.05) is 6.07 Å². The number of nitrogens with zero attached hydrogens (tertiary/aromatic N) is 1. The minimum atomic E-state index is -0.147. The third-order valence-electron chi connectivity index (χ3n) is 4.52. The first-order chi connectivity index (χ1) is 10.2. The van der Waals surface area contributed by atoms with Gasteiger partial charge in [0.15, 0.2) is 0 Å². The van der Waals surface area contributed by atoms with Gasteiger partial charge in [-0.3, -0.25) is 9.69 Å². The Morgan fingerprint density at radius 1 is 1.33 bits per heavy atom. The van der Waals surface area contributed by atoms with Crippen molar-refractivity contribution in [2.75, 3.05) is 27.3 Å². The molecule has 0 spiro atoms. The minimum absolute atomic E-state index is 0.0870. The third kappa shape index (κ3) is 4.05. The molecule has 0 saturated carbocycles. The van der Waals surface area contributed by atoms with Gasteiger partial charge in [0.2, 0.25) is 0 Å². The number of methoxy groups -OCH3 is 2. The van der Waals surface area contributed by atoms with Crippen LogP contribution in [0.4, 0.5) is 0 Å². The van der Waals surface area contributed by atoms with Crippen molar-refractivity contribution < 1.29 is 14.3 Å². The number of esters is 1. The lowest BCUT2D eigenvalue weighted by molar-refractivity contribution is -0.144. The SMILES string of the molecule is COC(=O)C[C@@H]1CCN(C(C)c2ccccc2)C[C@@H]1OC. The highest BCUT2D eigenvalue weighted by Gasteiger charge is 2.33. The predicted octanol–water partition coefficient (Wildman–Crippen LogP) is 2.65. The summed E-state index contributed by atoms with van der Waals surface area (Å²) in [6.45, 7) is 4.06. The molecule has 0 radical (unpaired) electrons. The zero-order chi connectivity index (χ0) is 15.2. The van der Waals surface area contributed by atoms with Gasteiger partial charge in [0.1, 0.15) is 0 Å². The van der Waals surface area contributed by atoms with Gasteiger partial charge in [0, 0.05) is 19.7 Å². The molecular formula is C17H25NO3. The molecule has 0 aliphatic carbocycles. The van der Waals surface area contributed by atoms with E-state index in [1.165, 1.54) is 12.7 Å². The van der Waals surface area contributed by atoms with Crippen molar-refractivity contribution in [1.82, 2.24) is 4.90 Å². The molecule has 1 aromatic carbocycles. The maximum absolute atomic E-state index is 11.5. The van der Waals surface area contributed by atoms with Gasteiger partial charge in [0.05, 0.1) is 19.6 Å². The summed E-state index contributed by atoms with van der Waals surface area (Å²) in [6.07, 6.45) is 1.50. The Bertz CT molecular complexity index is 449. The second kappa shape index (κ2) is 7.57. The van der Waals surface area contributed by atoms with Crippen LogP contribution in [0.3, 0.4) is 0 Å². The van der Waals surface area contributed by atoms with Crippen LogP contribution >= 0.6 is 0 Å². The van der Waals surface area contributed by atoms with E-state index >= 15 is 0 Å². The molecule has 4 heteroatoms. The van der Waals surface area contributed by atoms with E-state index in [-0.39, 0.29) is 18.0 Å². The fourth-order valence-electron chi connectivity index (χ4n) is 3.08. The second-order valence-electron chi connectivity index (χ2n) is 5.68. The first-order valence-electron chi connectivity index (χ1n) is 7.54. The van der Waals surface area contributed by atoms with Gasteiger partial charge in [-0.25, -0.2) is 0 Å². The van der Waals surface area contributed by atoms with E-state index in [1.54, 1.807) is 7.11 Å². The first kappa shape index (κ1) is 16.0. The average Bonchev–Trinajstić information content (AvgIpc) is 2.55. The quantitative estimate of drug-likeness (QED) is 0.782. The summed E-state index contributed by atoms with van der Waals surface area (Å²) in [5, 5.41) is 0. The molecule has 0 aromatic heterocycles. The number of likely N-dealkylation sites (tertiary alicyclic amines) is 1. The Balaban J connectivity index is 1.99. The van der Waals surface area contributed by atoms with Gasteiger partial charge in [-0.1, -0.05) is 30.3 Å². The van der Waals surface area contributed by atoms with E-state index in [2.05, 4.69) is 36.1 Å². The highest BCUT2D eigenvalue weighted by atomic mass is 16.5. The molecule has 0 bridgehead atoms. The summed E-state index contributed by atoms with van der Waals surface area (Å²) in [6, 6.07) is 10.9. The molecule has 1 aliphatic rings. The molecule has 116 valence electrons. The van der Waals surface area contributed by atoms with Crippen LogP contribution in [0, 0.1) is 5.92 Å². The molecule has 1 saturated heterocycles. The second-order valence-corrected chi connectivity index (χ2v) is 5.68. The number of ether oxygens (including phenoxy) is 2. The molecule has 1 aliphatic heterocycles. The number of rotatable bonds is 5. The van der Waals surface area contributed by atoms with Gasteiger partial charge in [-0.15, -0.1) is 0 Å². The topological polar surface area (TPSA) is 38.8 Å². The highest BCUT2D eigenvalue weighted by molar-refractivity contribution is 5.69. The van der Waals surface area contributed by atoms with Gasteiger partial charge in [0.25, 0.3) is 0 Å². The van der Waals surface area contributed by atoms with Crippen molar-refractivity contribution in [2.24, 2.45) is 5.92 Å². The van der Waals surface area contributed by atoms with E-state index in [4.69, 9.17) is 9.47 Å². The molecule has 1 fully saturated rings. The molecule has 0 amide bonds. The standard InChI is InChI=1S/C17H25NO3/c1-13(14-7-5-4-6-8-14)18-10-9-15(11-17(19)21-3)16(12-18)20-2/h4-8,13,15-16H,9-12H2,1-3H3/t13?,15-,16-/m0/s1. The van der Waals surface area contributed by atoms with Gasteiger partial charge >= 0.3 is 5.97 Å². The molecule has 1 aromatic rings. The number of carbonyl (C=O) groups excluding carboxylic acids is 1. The molecule has 21 heavy (non-hydrogen) atoms. The summed E-state index contributed by atoms with van der Waals surface area (Å²) >= 11 is 0. The normalized spacial score (nSPS) is 24.5. The number of piperidine rings is 1. The maximum Gasteiger partial charge on any atom is 0.305 e. The van der Waals surface area contributed by atoms with Crippen LogP contribution < -0.4 is 0 Å². The van der Waals surface area contributed by atoms with Crippen LogP contribution in [0.15, 0.2) is 30.3 Å². The lowest BCUT2D eigenvalue weighted by atomic mass is 9.89. The molecule has 1 unspecified atom stereocenters. The largest absolute Gasteiger partial charge is 0.469 e. The van der Waals surface area contributed by atoms with Crippen molar-refractivity contribution in [1.29, 1.82) is 0 Å². The summed E-state index contributed by atoms with van der Waals surface area (Å²) < 4.78 is 10.4. The Morgan fingerprint density at radius 2 is 2.05 bits per heavy atom. The Morgan fingerprint density at radius 3 is 2.67 bits per heavy atom. The third-order valence-corrected chi connectivity index (χ3v) is 4.52. The summed E-state index contributed by atoms with van der Waals surface area (Å²) in [5.41, 5.74) is 1.32. The van der Waals surface area contributed by atoms with E-state index in [9.17, 15) is 4.79 Å². The smallest absolute Gasteiger partial charge is 0.305 e. The van der Waals surface area contributed by atoms with Crippen LogP contribution in [0.1, 0.15) is 31.4 Å². The van der Waals surface area contributed by atoms with Crippen molar-refractivity contribution >= 4 is 5.97 Å². The average molecular weight is 291 g/mol. The van der Waals surface area contributed by atoms with Crippen LogP contribution in [0.5, 0.6) is 0 Å². The fourth-order valence-corrected chi connectivity index (χ4v) is 3.08. The minimum Gasteiger partial charge on any atom is -0.469 e. The van der Waals surface area contributed by atoms with Gasteiger partial charge < -0.3 is 9.47 Å². The van der Waals surface area contributed by atoms with E-state index in [0.717, 1.165) is 19.5 Å². The highest BCUT2D eigenvalue weighted by Crippen LogP contribution is 2.29. The molecule has 1 heterocycles. The zero-order valence-corrected chi connectivity index (χ0v) is 13.1. The predicted molar refractivity (Wildman–Crippen MR) is 82.0 cm³/mol. The Labute approximate surface area is 127 Å². The number of hydrogen-bond donors (Lipinski definition) is 0. The summed E-state index contributed by atoms with van der Waals surface area (Å²) in [7, 11) is 3.17. The van der Waals surface area contributed by atoms with Crippen molar-refractivity contribution in [3.63, 3.8) is 0 Å². The molecule has 2 rings (SSSR count). The molecular weight excluding hydrogens is 266 g/mol. The molecule has 4 nitrogen and oxygen atoms in total. The maximum atomic E-state index is 11.5. The Kier molecular flexibility index (Phi) is 5.76. The molecule has 0 N–H and O–H groups in total. The number of carbonyl (C=O) groups is 1. The number of benzene rings is 1. The monoisotopic (exact) mass is 291 g/mol.